The number of nitrogens with two attached hydrogens (primary N) is 1. The first-order chi connectivity index (χ1) is 9.22. The van der Waals surface area contributed by atoms with Crippen molar-refractivity contribution in [1.29, 1.82) is 5.26 Å². The van der Waals surface area contributed by atoms with Crippen LogP contribution in [0.1, 0.15) is 16.8 Å². The lowest BCUT2D eigenvalue weighted by molar-refractivity contribution is 0.299. The molecule has 0 unspecified atom stereocenters. The van der Waals surface area contributed by atoms with Gasteiger partial charge in [-0.3, -0.25) is 10.8 Å². The number of hydrogen-bond acceptors (Lipinski definition) is 5. The third-order valence-corrected chi connectivity index (χ3v) is 2.68. The minimum atomic E-state index is 0.325. The second-order valence-electron chi connectivity index (χ2n) is 4.06. The van der Waals surface area contributed by atoms with Crippen molar-refractivity contribution in [2.45, 2.75) is 13.5 Å². The molecule has 0 aliphatic heterocycles. The van der Waals surface area contributed by atoms with Gasteiger partial charge in [-0.2, -0.15) is 5.26 Å². The molecule has 0 atom stereocenters. The molecule has 0 aliphatic carbocycles. The van der Waals surface area contributed by atoms with Crippen LogP contribution in [0.5, 0.6) is 5.75 Å². The van der Waals surface area contributed by atoms with E-state index in [2.05, 4.69) is 16.5 Å². The number of aryl methyl sites for hydroxylation is 1. The van der Waals surface area contributed by atoms with Crippen LogP contribution in [0.3, 0.4) is 0 Å². The fourth-order valence-corrected chi connectivity index (χ4v) is 1.62. The summed E-state index contributed by atoms with van der Waals surface area (Å²) in [7, 11) is 0. The van der Waals surface area contributed by atoms with Gasteiger partial charge in [0.1, 0.15) is 12.4 Å². The normalized spacial score (nSPS) is 9.74. The van der Waals surface area contributed by atoms with Gasteiger partial charge < -0.3 is 10.2 Å². The molecule has 19 heavy (non-hydrogen) atoms. The Bertz CT molecular complexity index is 619. The first kappa shape index (κ1) is 12.9. The summed E-state index contributed by atoms with van der Waals surface area (Å²) in [4.78, 5) is 4.19. The highest BCUT2D eigenvalue weighted by Crippen LogP contribution is 2.20. The van der Waals surface area contributed by atoms with Crippen molar-refractivity contribution < 1.29 is 4.74 Å². The highest BCUT2D eigenvalue weighted by atomic mass is 16.5. The molecule has 0 saturated heterocycles. The maximum absolute atomic E-state index is 8.87. The number of ether oxygens (including phenoxy) is 1. The molecule has 0 bridgehead atoms. The van der Waals surface area contributed by atoms with Crippen LogP contribution in [-0.2, 0) is 6.61 Å². The molecular formula is C14H14N4O. The summed E-state index contributed by atoms with van der Waals surface area (Å²) in [6.07, 6.45) is 1.66. The first-order valence-corrected chi connectivity index (χ1v) is 5.78. The van der Waals surface area contributed by atoms with Crippen LogP contribution in [0.4, 0.5) is 5.69 Å². The van der Waals surface area contributed by atoms with Gasteiger partial charge in [0.25, 0.3) is 0 Å². The molecule has 2 aromatic rings. The van der Waals surface area contributed by atoms with Crippen LogP contribution in [0.15, 0.2) is 36.5 Å². The molecule has 0 aliphatic rings. The van der Waals surface area contributed by atoms with Crippen molar-refractivity contribution in [1.82, 2.24) is 4.98 Å². The lowest BCUT2D eigenvalue weighted by Gasteiger charge is -2.09. The van der Waals surface area contributed by atoms with Crippen LogP contribution in [0, 0.1) is 18.3 Å². The molecule has 0 spiro atoms. The van der Waals surface area contributed by atoms with Gasteiger partial charge in [-0.15, -0.1) is 0 Å². The molecule has 1 aromatic carbocycles. The van der Waals surface area contributed by atoms with Gasteiger partial charge in [-0.1, -0.05) is 6.07 Å². The predicted molar refractivity (Wildman–Crippen MR) is 72.3 cm³/mol. The Morgan fingerprint density at radius 1 is 1.37 bits per heavy atom. The minimum Gasteiger partial charge on any atom is -0.487 e. The Morgan fingerprint density at radius 2 is 2.21 bits per heavy atom. The maximum Gasteiger partial charge on any atom is 0.130 e. The molecule has 3 N–H and O–H groups in total. The zero-order valence-corrected chi connectivity index (χ0v) is 10.6. The summed E-state index contributed by atoms with van der Waals surface area (Å²) in [5.74, 6) is 6.02. The van der Waals surface area contributed by atoms with Gasteiger partial charge in [0.05, 0.1) is 23.0 Å². The molecule has 0 amide bonds. The van der Waals surface area contributed by atoms with Crippen molar-refractivity contribution >= 4 is 5.69 Å². The maximum atomic E-state index is 8.87. The van der Waals surface area contributed by atoms with Crippen molar-refractivity contribution in [2.24, 2.45) is 5.84 Å². The summed E-state index contributed by atoms with van der Waals surface area (Å²) in [5.41, 5.74) is 5.65. The number of nitriles is 1. The van der Waals surface area contributed by atoms with Gasteiger partial charge in [0.15, 0.2) is 0 Å². The van der Waals surface area contributed by atoms with E-state index in [-0.39, 0.29) is 0 Å². The van der Waals surface area contributed by atoms with E-state index in [1.54, 1.807) is 24.4 Å². The zero-order valence-electron chi connectivity index (χ0n) is 10.6. The number of anilines is 1. The van der Waals surface area contributed by atoms with Crippen molar-refractivity contribution in [3.63, 3.8) is 0 Å². The zero-order chi connectivity index (χ0) is 13.7. The van der Waals surface area contributed by atoms with E-state index < -0.39 is 0 Å². The molecular weight excluding hydrogens is 240 g/mol. The summed E-state index contributed by atoms with van der Waals surface area (Å²) in [5, 5.41) is 8.87. The van der Waals surface area contributed by atoms with E-state index in [0.717, 1.165) is 16.9 Å². The molecule has 96 valence electrons. The molecule has 0 saturated carbocycles. The molecule has 2 rings (SSSR count). The molecule has 5 heteroatoms. The van der Waals surface area contributed by atoms with E-state index in [0.29, 0.717) is 17.9 Å². The van der Waals surface area contributed by atoms with E-state index in [1.807, 2.05) is 19.1 Å². The third kappa shape index (κ3) is 3.21. The Morgan fingerprint density at radius 3 is 2.95 bits per heavy atom. The first-order valence-electron chi connectivity index (χ1n) is 5.78. The van der Waals surface area contributed by atoms with Gasteiger partial charge in [-0.05, 0) is 36.8 Å². The van der Waals surface area contributed by atoms with Crippen LogP contribution < -0.4 is 16.0 Å². The highest BCUT2D eigenvalue weighted by Gasteiger charge is 2.03. The summed E-state index contributed by atoms with van der Waals surface area (Å²) >= 11 is 0. The van der Waals surface area contributed by atoms with E-state index in [4.69, 9.17) is 15.8 Å². The van der Waals surface area contributed by atoms with Crippen molar-refractivity contribution in [3.8, 4) is 11.8 Å². The lowest BCUT2D eigenvalue weighted by Crippen LogP contribution is -2.08. The van der Waals surface area contributed by atoms with Crippen molar-refractivity contribution in [3.05, 3.63) is 53.3 Å². The SMILES string of the molecule is Cc1ccc(C#N)cc1OCc1cc(NN)ccn1. The molecule has 1 heterocycles. The lowest BCUT2D eigenvalue weighted by atomic mass is 10.1. The fraction of sp³-hybridized carbons (Fsp3) is 0.143. The van der Waals surface area contributed by atoms with E-state index in [1.165, 1.54) is 0 Å². The number of hydrazine groups is 1. The number of rotatable bonds is 4. The second-order valence-corrected chi connectivity index (χ2v) is 4.06. The van der Waals surface area contributed by atoms with Crippen LogP contribution >= 0.6 is 0 Å². The standard InChI is InChI=1S/C14H14N4O/c1-10-2-3-11(8-15)6-14(10)19-9-13-7-12(18-16)4-5-17-13/h2-7H,9,16H2,1H3,(H,17,18). The number of aromatic nitrogens is 1. The Hall–Kier alpha value is -2.58. The summed E-state index contributed by atoms with van der Waals surface area (Å²) in [6.45, 7) is 2.26. The average Bonchev–Trinajstić information content (AvgIpc) is 2.46. The van der Waals surface area contributed by atoms with Gasteiger partial charge in [0.2, 0.25) is 0 Å². The average molecular weight is 254 g/mol. The Labute approximate surface area is 111 Å². The van der Waals surface area contributed by atoms with Crippen LogP contribution in [-0.4, -0.2) is 4.98 Å². The quantitative estimate of drug-likeness (QED) is 0.645. The van der Waals surface area contributed by atoms with Gasteiger partial charge in [-0.25, -0.2) is 0 Å². The number of nitrogens with one attached hydrogen (secondary N) is 1. The third-order valence-electron chi connectivity index (χ3n) is 2.68. The summed E-state index contributed by atoms with van der Waals surface area (Å²) < 4.78 is 5.68. The highest BCUT2D eigenvalue weighted by molar-refractivity contribution is 5.43. The van der Waals surface area contributed by atoms with Crippen LogP contribution in [0.2, 0.25) is 0 Å². The molecule has 5 nitrogen and oxygen atoms in total. The Balaban J connectivity index is 2.12. The van der Waals surface area contributed by atoms with E-state index in [9.17, 15) is 0 Å². The molecule has 0 radical (unpaired) electrons. The van der Waals surface area contributed by atoms with Gasteiger partial charge in [0, 0.05) is 6.20 Å². The topological polar surface area (TPSA) is 84.0 Å². The fourth-order valence-electron chi connectivity index (χ4n) is 1.62. The molecule has 1 aromatic heterocycles. The van der Waals surface area contributed by atoms with E-state index >= 15 is 0 Å². The van der Waals surface area contributed by atoms with Crippen LogP contribution in [0.25, 0.3) is 0 Å². The number of nitrogens with zero attached hydrogens (tertiary/aromatic N) is 2. The Kier molecular flexibility index (Phi) is 3.96. The monoisotopic (exact) mass is 254 g/mol. The van der Waals surface area contributed by atoms with Gasteiger partial charge >= 0.3 is 0 Å². The second kappa shape index (κ2) is 5.85. The smallest absolute Gasteiger partial charge is 0.130 e. The summed E-state index contributed by atoms with van der Waals surface area (Å²) in [6, 6.07) is 11.0. The molecule has 0 fully saturated rings. The number of hydrogen-bond donors (Lipinski definition) is 2. The largest absolute Gasteiger partial charge is 0.487 e. The van der Waals surface area contributed by atoms with Crippen molar-refractivity contribution in [2.75, 3.05) is 5.43 Å². The number of pyridine rings is 1. The predicted octanol–water partition coefficient (Wildman–Crippen LogP) is 2.13. The number of benzene rings is 1. The minimum absolute atomic E-state index is 0.325. The number of nitrogen functional groups attached to an aromatic ring is 1.